The van der Waals surface area contributed by atoms with Crippen LogP contribution >= 0.6 is 31.9 Å². The number of aromatic amines is 1. The van der Waals surface area contributed by atoms with Gasteiger partial charge in [0.25, 0.3) is 0 Å². The number of carbonyl (C=O) groups is 4. The van der Waals surface area contributed by atoms with E-state index >= 15 is 0 Å². The number of fused-ring (bicyclic) bond motifs is 7. The summed E-state index contributed by atoms with van der Waals surface area (Å²) in [6, 6.07) is 55.0. The van der Waals surface area contributed by atoms with Gasteiger partial charge in [-0.25, -0.2) is 9.48 Å². The van der Waals surface area contributed by atoms with Gasteiger partial charge < -0.3 is 39.1 Å². The van der Waals surface area contributed by atoms with E-state index in [4.69, 9.17) is 24.5 Å². The van der Waals surface area contributed by atoms with Crippen molar-refractivity contribution in [3.05, 3.63) is 222 Å². The van der Waals surface area contributed by atoms with Crippen LogP contribution in [0.15, 0.2) is 211 Å². The number of carbonyl (C=O) groups excluding carboxylic acids is 3. The Morgan fingerprint density at radius 2 is 0.984 bits per heavy atom. The molecular weight excluding hydrogens is 1770 g/mol. The topological polar surface area (TPSA) is 253 Å². The predicted octanol–water partition coefficient (Wildman–Crippen LogP) is 22.6. The Bertz CT molecular complexity index is 6270. The van der Waals surface area contributed by atoms with Crippen LogP contribution in [0.3, 0.4) is 0 Å². The lowest BCUT2D eigenvalue weighted by Crippen LogP contribution is -2.48. The van der Waals surface area contributed by atoms with Crippen molar-refractivity contribution in [2.45, 2.75) is 218 Å². The number of para-hydroxylation sites is 3. The molecule has 5 fully saturated rings. The summed E-state index contributed by atoms with van der Waals surface area (Å²) in [5, 5.41) is 41.8. The van der Waals surface area contributed by atoms with Gasteiger partial charge in [-0.1, -0.05) is 104 Å². The number of carboxylic acid groups (broad SMARTS) is 1. The highest BCUT2D eigenvalue weighted by molar-refractivity contribution is 9.18. The minimum atomic E-state index is -5.08. The molecule has 7 aromatic carbocycles. The van der Waals surface area contributed by atoms with Gasteiger partial charge in [-0.15, -0.1) is 0 Å². The van der Waals surface area contributed by atoms with E-state index in [0.29, 0.717) is 37.3 Å². The van der Waals surface area contributed by atoms with Crippen molar-refractivity contribution < 1.29 is 46.9 Å². The molecule has 0 radical (unpaired) electrons. The molecule has 129 heavy (non-hydrogen) atoms. The maximum absolute atomic E-state index is 12.7. The predicted molar refractivity (Wildman–Crippen MR) is 506 cm³/mol. The molecule has 6 aliphatic heterocycles. The average Bonchev–Trinajstić information content (AvgIpc) is 1.66. The van der Waals surface area contributed by atoms with E-state index in [0.717, 1.165) is 145 Å². The van der Waals surface area contributed by atoms with Crippen molar-refractivity contribution in [3.63, 3.8) is 0 Å². The Kier molecular flexibility index (Phi) is 27.0. The van der Waals surface area contributed by atoms with Crippen molar-refractivity contribution in [1.29, 1.82) is 0 Å². The molecular formula is C99H107Br2F3N18O7. The zero-order chi connectivity index (χ0) is 89.7. The molecule has 6 aromatic heterocycles. The monoisotopic (exact) mass is 1870 g/mol. The first kappa shape index (κ1) is 89.0. The fraction of sp³-hybridized carbons (Fsp3) is 0.384. The van der Waals surface area contributed by atoms with Crippen LogP contribution in [0.2, 0.25) is 0 Å². The van der Waals surface area contributed by atoms with Gasteiger partial charge in [-0.3, -0.25) is 43.2 Å². The normalized spacial score (nSPS) is 19.2. The van der Waals surface area contributed by atoms with Crippen molar-refractivity contribution in [1.82, 2.24) is 59.1 Å². The molecule has 30 heteroatoms. The largest absolute Gasteiger partial charge is 0.502 e. The molecule has 23 rings (SSSR count). The van der Waals surface area contributed by atoms with E-state index in [1.165, 1.54) is 122 Å². The van der Waals surface area contributed by atoms with Crippen molar-refractivity contribution in [2.75, 3.05) is 50.8 Å². The lowest BCUT2D eigenvalue weighted by Gasteiger charge is -2.41. The number of nitrogens with one attached hydrogen (secondary N) is 1. The highest BCUT2D eigenvalue weighted by atomic mass is 79.9. The molecule has 4 aliphatic carbocycles. The summed E-state index contributed by atoms with van der Waals surface area (Å²) in [5.74, 6) is -0.733. The number of amides is 3. The number of aliphatic carboxylic acids is 1. The van der Waals surface area contributed by atoms with Crippen LogP contribution in [0.25, 0.3) is 66.1 Å². The summed E-state index contributed by atoms with van der Waals surface area (Å²) in [6.45, 7) is 15.1. The molecule has 4 atom stereocenters. The number of hydrogen-bond donors (Lipinski definition) is 2. The number of hydrogen-bond acceptors (Lipinski definition) is 15. The molecule has 3 amide bonds. The molecule has 1 saturated heterocycles. The Balaban J connectivity index is 0.000000114. The summed E-state index contributed by atoms with van der Waals surface area (Å²) in [4.78, 5) is 60.5. The smallest absolute Gasteiger partial charge is 0.490 e. The average molecular weight is 1880 g/mol. The van der Waals surface area contributed by atoms with Gasteiger partial charge in [0, 0.05) is 109 Å². The molecule has 1 unspecified atom stereocenters. The summed E-state index contributed by atoms with van der Waals surface area (Å²) >= 11 is 6.94. The Morgan fingerprint density at radius 1 is 0.481 bits per heavy atom. The summed E-state index contributed by atoms with van der Waals surface area (Å²) in [6.07, 6.45) is 32.5. The highest BCUT2D eigenvalue weighted by Crippen LogP contribution is 2.48. The standard InChI is InChI=1S/C29H32N6O2.C24H24N6O.C18H21N3O.C13H15BrN2.C8H6BrN.C5H8O.C2HF3O2/c1-19-17-32(29-24-7-3-4-8-25(24)35(31-29)28-9-5-6-14-37-28)27-15-21(10-13-26(27)34(19)20(2)36)22-16-30-33(18-22)23-11-12-23;1-15-13-28(24-20-5-3-4-6-21(20)26-27-24)23-11-17(7-10-22(23)30(15)16(2)31)18-12-25-29(14-18)19-8-9-19;1-12-3-4-15-9-14(5-8-18(15)21(12)13(2)22)16-10-19-20(11-16)17-6-7-17;14-13-11-8-4-5-9-12(11)16(15-13)10-6-2-1-3-7-10;9-8-7-4-2-1-3-6(7)5-10-8;1-2-4-6-5-3-1;3-2(4,5)1(6)7/h3-4,7-8,10,13,15-16,18-19,23,28H,5-6,9,11-12,14,17H2,1-2H3;3-7,10-12,14-15,19H,8-9,13H2,1-2H3,(H,26,27);5,8-12,17H,3-4,6-7H2,1-2H3;4-5,8-10H,1-3,6-7H2;1-4H,5H2;2,4H,1,3,5H2;(H,6,7)/t19-,28?;15-;12-;;;;/m000..../s1. The molecule has 12 heterocycles. The lowest BCUT2D eigenvalue weighted by atomic mass is 9.94. The van der Waals surface area contributed by atoms with Crippen LogP contribution in [0, 0.1) is 0 Å². The van der Waals surface area contributed by atoms with Crippen molar-refractivity contribution in [3.8, 4) is 33.4 Å². The van der Waals surface area contributed by atoms with Gasteiger partial charge in [0.2, 0.25) is 17.7 Å². The third-order valence-corrected chi connectivity index (χ3v) is 26.5. The fourth-order valence-corrected chi connectivity index (χ4v) is 19.3. The second-order valence-corrected chi connectivity index (χ2v) is 36.2. The summed E-state index contributed by atoms with van der Waals surface area (Å²) in [7, 11) is 0. The zero-order valence-corrected chi connectivity index (χ0v) is 76.5. The fourth-order valence-electron chi connectivity index (χ4n) is 18.3. The zero-order valence-electron chi connectivity index (χ0n) is 73.3. The number of alkyl halides is 3. The van der Waals surface area contributed by atoms with E-state index in [2.05, 4.69) is 261 Å². The minimum Gasteiger partial charge on any atom is -0.502 e. The number of aryl methyl sites for hydroxylation is 1. The molecule has 4 saturated carbocycles. The van der Waals surface area contributed by atoms with E-state index in [9.17, 15) is 27.6 Å². The number of H-pyrrole nitrogens is 1. The Labute approximate surface area is 764 Å². The van der Waals surface area contributed by atoms with Gasteiger partial charge in [-0.05, 0) is 250 Å². The molecule has 13 aromatic rings. The first-order chi connectivity index (χ1) is 62.5. The number of aromatic nitrogens is 12. The SMILES string of the molecule is BrC1=NCc2ccccc21.Brc1nn(C2CCCCC2)c2ccccc12.C1=COCCC1.CC(=O)N1c2ccc(-c3cnn(C4CC4)c3)cc2CC[C@@H]1C.CC(=O)N1c2ccc(-c3cnn(C4CC4)c3)cc2N(c2n[nH]c3ccccc23)C[C@@H]1C.CC(=O)N1c2ccc(-c3cnn(C4CC4)c3)cc2N(c2nn(C3CCCCO3)c3ccccc23)C[C@@H]1C.O=C(O)C(F)(F)F. The first-order valence-corrected chi connectivity index (χ1v) is 46.6. The summed E-state index contributed by atoms with van der Waals surface area (Å²) in [5.41, 5.74) is 18.8. The minimum absolute atomic E-state index is 0.00306. The van der Waals surface area contributed by atoms with Gasteiger partial charge >= 0.3 is 12.1 Å². The highest BCUT2D eigenvalue weighted by Gasteiger charge is 2.40. The van der Waals surface area contributed by atoms with E-state index in [1.807, 2.05) is 69.7 Å². The van der Waals surface area contributed by atoms with Gasteiger partial charge in [0.1, 0.15) is 9.22 Å². The number of nitrogens with zero attached hydrogens (tertiary/aromatic N) is 17. The second-order valence-electron chi connectivity index (χ2n) is 34.7. The van der Waals surface area contributed by atoms with Crippen LogP contribution in [0.5, 0.6) is 0 Å². The van der Waals surface area contributed by atoms with E-state index in [-0.39, 0.29) is 42.1 Å². The third kappa shape index (κ3) is 20.1. The van der Waals surface area contributed by atoms with Crippen LogP contribution in [-0.4, -0.2) is 143 Å². The lowest BCUT2D eigenvalue weighted by molar-refractivity contribution is -0.192. The maximum atomic E-state index is 12.7. The molecule has 25 nitrogen and oxygen atoms in total. The first-order valence-electron chi connectivity index (χ1n) is 45.0. The number of anilines is 7. The van der Waals surface area contributed by atoms with Crippen LogP contribution in [0.4, 0.5) is 53.2 Å². The summed E-state index contributed by atoms with van der Waals surface area (Å²) < 4.78 is 55.2. The number of allylic oxidation sites excluding steroid dienone is 1. The van der Waals surface area contributed by atoms with Crippen LogP contribution in [-0.2, 0) is 41.6 Å². The number of aliphatic imine (C=N–C) groups is 1. The number of benzene rings is 7. The van der Waals surface area contributed by atoms with Gasteiger partial charge in [0.05, 0.1) is 114 Å². The Morgan fingerprint density at radius 3 is 1.50 bits per heavy atom. The number of ether oxygens (including phenoxy) is 2. The molecule has 0 spiro atoms. The number of halogens is 5. The van der Waals surface area contributed by atoms with Crippen LogP contribution in [0.1, 0.15) is 198 Å². The maximum Gasteiger partial charge on any atom is 0.490 e. The quantitative estimate of drug-likeness (QED) is 0.129. The molecule has 2 N–H and O–H groups in total. The molecule has 670 valence electrons. The van der Waals surface area contributed by atoms with Gasteiger partial charge in [0.15, 0.2) is 17.9 Å². The number of rotatable bonds is 10. The van der Waals surface area contributed by atoms with Crippen LogP contribution < -0.4 is 24.5 Å². The molecule has 10 aliphatic rings. The third-order valence-electron chi connectivity index (χ3n) is 25.2. The second kappa shape index (κ2) is 39.1. The van der Waals surface area contributed by atoms with Crippen molar-refractivity contribution in [2.24, 2.45) is 4.99 Å². The number of carboxylic acids is 1. The molecule has 0 bridgehead atoms. The van der Waals surface area contributed by atoms with E-state index in [1.54, 1.807) is 27.0 Å². The van der Waals surface area contributed by atoms with E-state index < -0.39 is 12.1 Å². The van der Waals surface area contributed by atoms with Crippen molar-refractivity contribution >= 4 is 133 Å². The van der Waals surface area contributed by atoms with Gasteiger partial charge in [-0.2, -0.15) is 43.8 Å². The Hall–Kier alpha value is -12.0.